The molecule has 1 aromatic carbocycles. The van der Waals surface area contributed by atoms with E-state index in [1.165, 1.54) is 4.68 Å². The standard InChI is InChI=1S/C20H23N5O3/c1-20(2,3)28-19(27)25-10-9-16-14(12-25)17(24(4)23-16)18(26)22-15-8-6-5-7-13(15)11-21/h5-8H,9-10,12H2,1-4H3,(H,22,26). The zero-order valence-electron chi connectivity index (χ0n) is 16.4. The predicted molar refractivity (Wildman–Crippen MR) is 103 cm³/mol. The van der Waals surface area contributed by atoms with Crippen molar-refractivity contribution in [3.05, 3.63) is 46.8 Å². The molecule has 0 saturated carbocycles. The van der Waals surface area contributed by atoms with E-state index in [2.05, 4.69) is 16.5 Å². The summed E-state index contributed by atoms with van der Waals surface area (Å²) in [4.78, 5) is 26.9. The van der Waals surface area contributed by atoms with Crippen LogP contribution in [0.2, 0.25) is 0 Å². The molecule has 1 N–H and O–H groups in total. The Bertz CT molecular complexity index is 965. The number of aryl methyl sites for hydroxylation is 1. The number of hydrogen-bond acceptors (Lipinski definition) is 5. The second-order valence-electron chi connectivity index (χ2n) is 7.66. The molecule has 0 atom stereocenters. The summed E-state index contributed by atoms with van der Waals surface area (Å²) < 4.78 is 6.97. The Morgan fingerprint density at radius 3 is 2.68 bits per heavy atom. The van der Waals surface area contributed by atoms with Crippen LogP contribution in [0.25, 0.3) is 0 Å². The molecule has 2 aromatic rings. The number of nitriles is 1. The first kappa shape index (κ1) is 19.4. The molecule has 0 fully saturated rings. The number of rotatable bonds is 2. The van der Waals surface area contributed by atoms with Crippen molar-refractivity contribution in [1.29, 1.82) is 5.26 Å². The number of anilines is 1. The SMILES string of the molecule is Cn1nc2c(c1C(=O)Nc1ccccc1C#N)CN(C(=O)OC(C)(C)C)CC2. The summed E-state index contributed by atoms with van der Waals surface area (Å²) in [5.74, 6) is -0.370. The number of nitrogens with zero attached hydrogens (tertiary/aromatic N) is 4. The van der Waals surface area contributed by atoms with E-state index >= 15 is 0 Å². The normalized spacial score (nSPS) is 13.5. The molecule has 0 aliphatic carbocycles. The van der Waals surface area contributed by atoms with Crippen LogP contribution in [0, 0.1) is 11.3 Å². The van der Waals surface area contributed by atoms with E-state index in [4.69, 9.17) is 4.74 Å². The second kappa shape index (κ2) is 7.35. The molecule has 8 nitrogen and oxygen atoms in total. The van der Waals surface area contributed by atoms with Crippen molar-refractivity contribution in [2.24, 2.45) is 7.05 Å². The number of amides is 2. The molecule has 0 saturated heterocycles. The summed E-state index contributed by atoms with van der Waals surface area (Å²) in [6.45, 7) is 6.18. The van der Waals surface area contributed by atoms with Crippen LogP contribution < -0.4 is 5.32 Å². The maximum atomic E-state index is 12.9. The van der Waals surface area contributed by atoms with E-state index in [0.29, 0.717) is 35.5 Å². The van der Waals surface area contributed by atoms with Gasteiger partial charge < -0.3 is 15.0 Å². The number of fused-ring (bicyclic) bond motifs is 1. The number of ether oxygens (including phenoxy) is 1. The quantitative estimate of drug-likeness (QED) is 0.862. The summed E-state index contributed by atoms with van der Waals surface area (Å²) >= 11 is 0. The molecule has 0 radical (unpaired) electrons. The third-order valence-electron chi connectivity index (χ3n) is 4.36. The fourth-order valence-corrected chi connectivity index (χ4v) is 3.14. The predicted octanol–water partition coefficient (Wildman–Crippen LogP) is 2.84. The zero-order valence-corrected chi connectivity index (χ0v) is 16.4. The minimum absolute atomic E-state index is 0.251. The van der Waals surface area contributed by atoms with Gasteiger partial charge in [-0.15, -0.1) is 0 Å². The number of aromatic nitrogens is 2. The lowest BCUT2D eigenvalue weighted by Crippen LogP contribution is -2.40. The van der Waals surface area contributed by atoms with Gasteiger partial charge in [-0.1, -0.05) is 12.1 Å². The molecule has 2 amide bonds. The maximum Gasteiger partial charge on any atom is 0.410 e. The van der Waals surface area contributed by atoms with Gasteiger partial charge in [-0.3, -0.25) is 9.48 Å². The first-order valence-corrected chi connectivity index (χ1v) is 9.03. The van der Waals surface area contributed by atoms with Gasteiger partial charge in [0, 0.05) is 25.6 Å². The average Bonchev–Trinajstić information content (AvgIpc) is 2.95. The van der Waals surface area contributed by atoms with E-state index in [1.807, 2.05) is 20.8 Å². The number of benzene rings is 1. The maximum absolute atomic E-state index is 12.9. The van der Waals surface area contributed by atoms with Gasteiger partial charge in [0.1, 0.15) is 17.4 Å². The van der Waals surface area contributed by atoms with Gasteiger partial charge >= 0.3 is 6.09 Å². The van der Waals surface area contributed by atoms with Crippen molar-refractivity contribution < 1.29 is 14.3 Å². The fourth-order valence-electron chi connectivity index (χ4n) is 3.14. The fraction of sp³-hybridized carbons (Fsp3) is 0.400. The van der Waals surface area contributed by atoms with Gasteiger partial charge in [0.2, 0.25) is 0 Å². The minimum atomic E-state index is -0.590. The number of nitrogens with one attached hydrogen (secondary N) is 1. The third-order valence-corrected chi connectivity index (χ3v) is 4.36. The van der Waals surface area contributed by atoms with E-state index in [9.17, 15) is 14.9 Å². The summed E-state index contributed by atoms with van der Waals surface area (Å²) in [7, 11) is 1.70. The smallest absolute Gasteiger partial charge is 0.410 e. The number of carbonyl (C=O) groups is 2. The molecule has 28 heavy (non-hydrogen) atoms. The molecule has 0 bridgehead atoms. The lowest BCUT2D eigenvalue weighted by atomic mass is 10.0. The molecule has 146 valence electrons. The number of hydrogen-bond donors (Lipinski definition) is 1. The molecular weight excluding hydrogens is 358 g/mol. The summed E-state index contributed by atoms with van der Waals surface area (Å²) in [5, 5.41) is 16.4. The van der Waals surface area contributed by atoms with E-state index < -0.39 is 11.7 Å². The van der Waals surface area contributed by atoms with Crippen LogP contribution in [0.4, 0.5) is 10.5 Å². The van der Waals surface area contributed by atoms with Crippen LogP contribution in [0.1, 0.15) is 48.1 Å². The Kier molecular flexibility index (Phi) is 5.10. The highest BCUT2D eigenvalue weighted by atomic mass is 16.6. The van der Waals surface area contributed by atoms with E-state index in [1.54, 1.807) is 36.2 Å². The summed E-state index contributed by atoms with van der Waals surface area (Å²) in [5.41, 5.74) is 2.09. The highest BCUT2D eigenvalue weighted by Crippen LogP contribution is 2.25. The lowest BCUT2D eigenvalue weighted by Gasteiger charge is -2.29. The van der Waals surface area contributed by atoms with Gasteiger partial charge in [-0.05, 0) is 32.9 Å². The van der Waals surface area contributed by atoms with E-state index in [-0.39, 0.29) is 12.5 Å². The van der Waals surface area contributed by atoms with Crippen LogP contribution >= 0.6 is 0 Å². The molecule has 3 rings (SSSR count). The van der Waals surface area contributed by atoms with Gasteiger partial charge in [-0.2, -0.15) is 10.4 Å². The minimum Gasteiger partial charge on any atom is -0.444 e. The summed E-state index contributed by atoms with van der Waals surface area (Å²) in [6, 6.07) is 8.86. The average molecular weight is 381 g/mol. The zero-order chi connectivity index (χ0) is 20.5. The molecule has 2 heterocycles. The van der Waals surface area contributed by atoms with Gasteiger partial charge in [-0.25, -0.2) is 4.79 Å². The van der Waals surface area contributed by atoms with Crippen LogP contribution in [0.15, 0.2) is 24.3 Å². The Balaban J connectivity index is 1.85. The monoisotopic (exact) mass is 381 g/mol. The molecular formula is C20H23N5O3. The van der Waals surface area contributed by atoms with Crippen molar-refractivity contribution in [2.45, 2.75) is 39.3 Å². The molecule has 0 spiro atoms. The van der Waals surface area contributed by atoms with Crippen LogP contribution in [0.5, 0.6) is 0 Å². The first-order chi connectivity index (χ1) is 13.2. The van der Waals surface area contributed by atoms with Crippen molar-refractivity contribution in [2.75, 3.05) is 11.9 Å². The van der Waals surface area contributed by atoms with Gasteiger partial charge in [0.25, 0.3) is 5.91 Å². The number of para-hydroxylation sites is 1. The Morgan fingerprint density at radius 2 is 2.00 bits per heavy atom. The van der Waals surface area contributed by atoms with Crippen molar-refractivity contribution >= 4 is 17.7 Å². The first-order valence-electron chi connectivity index (χ1n) is 9.03. The molecule has 1 aromatic heterocycles. The lowest BCUT2D eigenvalue weighted by molar-refractivity contribution is 0.0222. The van der Waals surface area contributed by atoms with Crippen molar-refractivity contribution in [3.63, 3.8) is 0 Å². The third kappa shape index (κ3) is 3.98. The Hall–Kier alpha value is -3.34. The van der Waals surface area contributed by atoms with Crippen LogP contribution in [-0.4, -0.2) is 38.8 Å². The molecule has 0 unspecified atom stereocenters. The molecule has 8 heteroatoms. The largest absolute Gasteiger partial charge is 0.444 e. The topological polar surface area (TPSA) is 100 Å². The highest BCUT2D eigenvalue weighted by molar-refractivity contribution is 6.05. The second-order valence-corrected chi connectivity index (χ2v) is 7.66. The van der Waals surface area contributed by atoms with Crippen molar-refractivity contribution in [1.82, 2.24) is 14.7 Å². The van der Waals surface area contributed by atoms with Crippen LogP contribution in [0.3, 0.4) is 0 Å². The van der Waals surface area contributed by atoms with Gasteiger partial charge in [0.15, 0.2) is 0 Å². The number of carbonyl (C=O) groups excluding carboxylic acids is 2. The van der Waals surface area contributed by atoms with Crippen LogP contribution in [-0.2, 0) is 24.8 Å². The molecule has 1 aliphatic heterocycles. The Labute approximate surface area is 163 Å². The van der Waals surface area contributed by atoms with Crippen molar-refractivity contribution in [3.8, 4) is 6.07 Å². The molecule has 1 aliphatic rings. The van der Waals surface area contributed by atoms with Gasteiger partial charge in [0.05, 0.1) is 23.5 Å². The van der Waals surface area contributed by atoms with E-state index in [0.717, 1.165) is 5.69 Å². The summed E-state index contributed by atoms with van der Waals surface area (Å²) in [6.07, 6.45) is 0.132. The highest BCUT2D eigenvalue weighted by Gasteiger charge is 2.31. The Morgan fingerprint density at radius 1 is 1.29 bits per heavy atom.